The topological polar surface area (TPSA) is 41.1 Å². The van der Waals surface area contributed by atoms with Gasteiger partial charge >= 0.3 is 6.03 Å². The van der Waals surface area contributed by atoms with Crippen molar-refractivity contribution >= 4 is 34.7 Å². The molecule has 0 saturated heterocycles. The zero-order chi connectivity index (χ0) is 13.0. The third-order valence-electron chi connectivity index (χ3n) is 2.52. The minimum atomic E-state index is -0.228. The second-order valence-electron chi connectivity index (χ2n) is 3.80. The van der Waals surface area contributed by atoms with Crippen molar-refractivity contribution in [1.29, 1.82) is 0 Å². The van der Waals surface area contributed by atoms with Crippen molar-refractivity contribution in [2.45, 2.75) is 13.5 Å². The molecule has 94 valence electrons. The molecule has 0 aliphatic carbocycles. The molecule has 2 N–H and O–H groups in total. The Kier molecular flexibility index (Phi) is 4.23. The van der Waals surface area contributed by atoms with Crippen LogP contribution in [0.3, 0.4) is 0 Å². The van der Waals surface area contributed by atoms with Gasteiger partial charge in [-0.1, -0.05) is 23.7 Å². The molecule has 3 nitrogen and oxygen atoms in total. The maximum Gasteiger partial charge on any atom is 0.319 e. The summed E-state index contributed by atoms with van der Waals surface area (Å²) in [5.41, 5.74) is 1.59. The maximum absolute atomic E-state index is 11.7. The molecule has 18 heavy (non-hydrogen) atoms. The fraction of sp³-hybridized carbons (Fsp3) is 0.154. The summed E-state index contributed by atoms with van der Waals surface area (Å²) in [4.78, 5) is 12.8. The van der Waals surface area contributed by atoms with Crippen molar-refractivity contribution in [3.8, 4) is 0 Å². The summed E-state index contributed by atoms with van der Waals surface area (Å²) < 4.78 is 0. The summed E-state index contributed by atoms with van der Waals surface area (Å²) in [6, 6.07) is 9.15. The summed E-state index contributed by atoms with van der Waals surface area (Å²) >= 11 is 7.60. The highest BCUT2D eigenvalue weighted by atomic mass is 35.5. The van der Waals surface area contributed by atoms with Crippen LogP contribution < -0.4 is 10.6 Å². The van der Waals surface area contributed by atoms with Gasteiger partial charge < -0.3 is 10.6 Å². The highest BCUT2D eigenvalue weighted by Gasteiger charge is 2.06. The van der Waals surface area contributed by atoms with Gasteiger partial charge in [0.2, 0.25) is 0 Å². The van der Waals surface area contributed by atoms with E-state index in [4.69, 9.17) is 11.6 Å². The molecule has 0 bridgehead atoms. The smallest absolute Gasteiger partial charge is 0.319 e. The van der Waals surface area contributed by atoms with Crippen molar-refractivity contribution in [1.82, 2.24) is 5.32 Å². The molecule has 0 radical (unpaired) electrons. The predicted octanol–water partition coefficient (Wildman–Crippen LogP) is 4.03. The van der Waals surface area contributed by atoms with Crippen LogP contribution in [0.2, 0.25) is 5.02 Å². The quantitative estimate of drug-likeness (QED) is 0.875. The second-order valence-corrected chi connectivity index (χ2v) is 5.24. The van der Waals surface area contributed by atoms with E-state index in [1.165, 1.54) is 0 Å². The Balaban J connectivity index is 1.93. The molecule has 0 saturated carbocycles. The van der Waals surface area contributed by atoms with E-state index in [-0.39, 0.29) is 6.03 Å². The molecule has 0 unspecified atom stereocenters. The van der Waals surface area contributed by atoms with Crippen molar-refractivity contribution in [2.75, 3.05) is 5.32 Å². The summed E-state index contributed by atoms with van der Waals surface area (Å²) in [5.74, 6) is 0. The number of anilines is 1. The van der Waals surface area contributed by atoms with Crippen LogP contribution in [0.25, 0.3) is 0 Å². The highest BCUT2D eigenvalue weighted by molar-refractivity contribution is 7.09. The molecule has 2 aromatic rings. The molecule has 0 spiro atoms. The van der Waals surface area contributed by atoms with Gasteiger partial charge in [-0.3, -0.25) is 0 Å². The number of rotatable bonds is 3. The number of benzene rings is 1. The zero-order valence-corrected chi connectivity index (χ0v) is 11.4. The Bertz CT molecular complexity index is 540. The zero-order valence-electron chi connectivity index (χ0n) is 9.87. The van der Waals surface area contributed by atoms with Gasteiger partial charge in [-0.25, -0.2) is 4.79 Å². The number of carbonyl (C=O) groups is 1. The Labute approximate surface area is 115 Å². The first-order valence-electron chi connectivity index (χ1n) is 5.49. The van der Waals surface area contributed by atoms with E-state index in [1.807, 2.05) is 36.6 Å². The first-order valence-corrected chi connectivity index (χ1v) is 6.75. The maximum atomic E-state index is 11.7. The number of thiophene rings is 1. The first kappa shape index (κ1) is 12.9. The number of carbonyl (C=O) groups excluding carboxylic acids is 1. The van der Waals surface area contributed by atoms with E-state index < -0.39 is 0 Å². The van der Waals surface area contributed by atoms with Gasteiger partial charge in [0.15, 0.2) is 0 Å². The number of hydrogen-bond donors (Lipinski definition) is 2. The summed E-state index contributed by atoms with van der Waals surface area (Å²) in [7, 11) is 0. The first-order chi connectivity index (χ1) is 8.66. The monoisotopic (exact) mass is 280 g/mol. The number of nitrogens with one attached hydrogen (secondary N) is 2. The number of hydrogen-bond acceptors (Lipinski definition) is 2. The van der Waals surface area contributed by atoms with Crippen LogP contribution in [0.5, 0.6) is 0 Å². The van der Waals surface area contributed by atoms with Crippen molar-refractivity contribution in [3.63, 3.8) is 0 Å². The molecular weight excluding hydrogens is 268 g/mol. The summed E-state index contributed by atoms with van der Waals surface area (Å²) in [6.45, 7) is 2.40. The van der Waals surface area contributed by atoms with Crippen molar-refractivity contribution in [3.05, 3.63) is 51.2 Å². The normalized spacial score (nSPS) is 10.1. The fourth-order valence-electron chi connectivity index (χ4n) is 1.49. The lowest BCUT2D eigenvalue weighted by molar-refractivity contribution is 0.252. The van der Waals surface area contributed by atoms with Crippen molar-refractivity contribution in [2.24, 2.45) is 0 Å². The molecular formula is C13H13ClN2OS. The molecule has 1 heterocycles. The molecule has 5 heteroatoms. The van der Waals surface area contributed by atoms with Gasteiger partial charge in [0.05, 0.1) is 6.54 Å². The summed E-state index contributed by atoms with van der Waals surface area (Å²) in [6.07, 6.45) is 0. The van der Waals surface area contributed by atoms with Crippen LogP contribution in [-0.2, 0) is 6.54 Å². The van der Waals surface area contributed by atoms with E-state index in [2.05, 4.69) is 10.6 Å². The largest absolute Gasteiger partial charge is 0.333 e. The van der Waals surface area contributed by atoms with Crippen LogP contribution in [0.1, 0.15) is 10.4 Å². The minimum absolute atomic E-state index is 0.228. The average Bonchev–Trinajstić information content (AvgIpc) is 2.86. The fourth-order valence-corrected chi connectivity index (χ4v) is 2.31. The van der Waals surface area contributed by atoms with Crippen LogP contribution in [0.4, 0.5) is 10.5 Å². The van der Waals surface area contributed by atoms with Gasteiger partial charge in [0.1, 0.15) is 0 Å². The van der Waals surface area contributed by atoms with Gasteiger partial charge in [0.25, 0.3) is 0 Å². The second kappa shape index (κ2) is 5.89. The molecule has 0 aliphatic heterocycles. The third kappa shape index (κ3) is 3.24. The van der Waals surface area contributed by atoms with E-state index >= 15 is 0 Å². The Hall–Kier alpha value is -1.52. The van der Waals surface area contributed by atoms with Crippen LogP contribution >= 0.6 is 22.9 Å². The molecule has 0 fully saturated rings. The van der Waals surface area contributed by atoms with E-state index in [0.29, 0.717) is 11.6 Å². The number of amides is 2. The minimum Gasteiger partial charge on any atom is -0.333 e. The average molecular weight is 281 g/mol. The van der Waals surface area contributed by atoms with Gasteiger partial charge in [0, 0.05) is 15.6 Å². The predicted molar refractivity (Wildman–Crippen MR) is 76.4 cm³/mol. The third-order valence-corrected chi connectivity index (χ3v) is 3.81. The number of halogens is 1. The van der Waals surface area contributed by atoms with E-state index in [1.54, 1.807) is 17.4 Å². The van der Waals surface area contributed by atoms with Gasteiger partial charge in [-0.2, -0.15) is 0 Å². The lowest BCUT2D eigenvalue weighted by Gasteiger charge is -2.10. The SMILES string of the molecule is Cc1c(Cl)cccc1NC(=O)NCc1cccs1. The van der Waals surface area contributed by atoms with Crippen LogP contribution in [0, 0.1) is 6.92 Å². The lowest BCUT2D eigenvalue weighted by Crippen LogP contribution is -2.28. The van der Waals surface area contributed by atoms with Crippen LogP contribution in [-0.4, -0.2) is 6.03 Å². The van der Waals surface area contributed by atoms with E-state index in [0.717, 1.165) is 16.1 Å². The lowest BCUT2D eigenvalue weighted by atomic mass is 10.2. The van der Waals surface area contributed by atoms with Crippen LogP contribution in [0.15, 0.2) is 35.7 Å². The molecule has 1 aromatic carbocycles. The Morgan fingerprint density at radius 1 is 1.33 bits per heavy atom. The standard InChI is InChI=1S/C13H13ClN2OS/c1-9-11(14)5-2-6-12(9)16-13(17)15-8-10-4-3-7-18-10/h2-7H,8H2,1H3,(H2,15,16,17). The molecule has 0 atom stereocenters. The van der Waals surface area contributed by atoms with Gasteiger partial charge in [-0.05, 0) is 36.1 Å². The molecule has 0 aliphatic rings. The Morgan fingerprint density at radius 3 is 2.89 bits per heavy atom. The van der Waals surface area contributed by atoms with Crippen molar-refractivity contribution < 1.29 is 4.79 Å². The number of urea groups is 1. The molecule has 2 amide bonds. The molecule has 1 aromatic heterocycles. The highest BCUT2D eigenvalue weighted by Crippen LogP contribution is 2.22. The van der Waals surface area contributed by atoms with Gasteiger partial charge in [-0.15, -0.1) is 11.3 Å². The summed E-state index contributed by atoms with van der Waals surface area (Å²) in [5, 5.41) is 8.21. The Morgan fingerprint density at radius 2 is 2.17 bits per heavy atom. The molecule has 2 rings (SSSR count). The van der Waals surface area contributed by atoms with E-state index in [9.17, 15) is 4.79 Å².